The first kappa shape index (κ1) is 18.1. The number of fused-ring (bicyclic) bond motifs is 3. The fraction of sp³-hybridized carbons (Fsp3) is 0.350. The molecular formula is C20H22N5OS2+. The number of rotatable bonds is 4. The van der Waals surface area contributed by atoms with Crippen LogP contribution in [0.15, 0.2) is 35.4 Å². The third-order valence-electron chi connectivity index (χ3n) is 5.03. The number of hydrogen-bond donors (Lipinski definition) is 1. The van der Waals surface area contributed by atoms with Crippen LogP contribution in [0.25, 0.3) is 11.4 Å². The maximum atomic E-state index is 5.45. The highest BCUT2D eigenvalue weighted by atomic mass is 32.1. The first-order valence-corrected chi connectivity index (χ1v) is 10.8. The smallest absolute Gasteiger partial charge is 0.227 e. The minimum absolute atomic E-state index is 0.603. The topological polar surface area (TPSA) is 63.2 Å². The van der Waals surface area contributed by atoms with Gasteiger partial charge in [-0.05, 0) is 43.2 Å². The summed E-state index contributed by atoms with van der Waals surface area (Å²) in [6.45, 7) is 4.47. The molecule has 6 nitrogen and oxygen atoms in total. The van der Waals surface area contributed by atoms with Crippen molar-refractivity contribution in [1.82, 2.24) is 19.9 Å². The zero-order valence-electron chi connectivity index (χ0n) is 15.4. The molecule has 1 aliphatic carbocycles. The van der Waals surface area contributed by atoms with Gasteiger partial charge in [-0.3, -0.25) is 4.90 Å². The minimum atomic E-state index is 0.603. The van der Waals surface area contributed by atoms with Gasteiger partial charge in [-0.25, -0.2) is 15.0 Å². The largest absolute Gasteiger partial charge is 0.379 e. The summed E-state index contributed by atoms with van der Waals surface area (Å²) < 4.78 is 5.45. The summed E-state index contributed by atoms with van der Waals surface area (Å²) in [5.74, 6) is 0.603. The summed E-state index contributed by atoms with van der Waals surface area (Å²) in [6.07, 6.45) is 3.93. The number of nitrogens with one attached hydrogen (secondary N) is 1. The van der Waals surface area contributed by atoms with Gasteiger partial charge < -0.3 is 10.1 Å². The van der Waals surface area contributed by atoms with Crippen LogP contribution in [0.4, 0.5) is 11.6 Å². The second-order valence-corrected chi connectivity index (χ2v) is 8.79. The molecule has 0 bridgehead atoms. The predicted molar refractivity (Wildman–Crippen MR) is 115 cm³/mol. The molecule has 28 heavy (non-hydrogen) atoms. The first-order valence-electron chi connectivity index (χ1n) is 9.48. The summed E-state index contributed by atoms with van der Waals surface area (Å²) >= 11 is 5.38. The molecule has 5 rings (SSSR count). The van der Waals surface area contributed by atoms with E-state index in [0.717, 1.165) is 67.7 Å². The summed E-state index contributed by atoms with van der Waals surface area (Å²) in [5, 5.41) is 4.46. The number of thiazole rings is 1. The van der Waals surface area contributed by atoms with Crippen molar-refractivity contribution in [3.63, 3.8) is 0 Å². The van der Waals surface area contributed by atoms with Crippen molar-refractivity contribution >= 4 is 35.6 Å². The van der Waals surface area contributed by atoms with Gasteiger partial charge in [-0.2, -0.15) is 0 Å². The van der Waals surface area contributed by atoms with Crippen molar-refractivity contribution in [2.24, 2.45) is 0 Å². The Hall–Kier alpha value is -2.00. The summed E-state index contributed by atoms with van der Waals surface area (Å²) in [4.78, 5) is 19.0. The molecule has 8 heteroatoms. The van der Waals surface area contributed by atoms with Crippen molar-refractivity contribution < 1.29 is 4.74 Å². The molecule has 0 unspecified atom stereocenters. The Morgan fingerprint density at radius 1 is 1.14 bits per heavy atom. The van der Waals surface area contributed by atoms with Gasteiger partial charge in [0.1, 0.15) is 10.7 Å². The van der Waals surface area contributed by atoms with Gasteiger partial charge in [-0.15, -0.1) is 11.3 Å². The molecule has 0 spiro atoms. The van der Waals surface area contributed by atoms with Crippen LogP contribution in [-0.2, 0) is 36.8 Å². The normalized spacial score (nSPS) is 16.5. The van der Waals surface area contributed by atoms with Crippen molar-refractivity contribution in [2.75, 3.05) is 31.6 Å². The summed E-state index contributed by atoms with van der Waals surface area (Å²) in [6, 6.07) is 7.99. The van der Waals surface area contributed by atoms with Gasteiger partial charge in [0.05, 0.1) is 25.5 Å². The standard InChI is InChI=1S/C20H21N5OS2/c27-15-3-1-2-14(10-15)22-20-21-11-13-4-5-16-19(18(13)24-20)23-17(28-16)12-25-6-8-26-9-7-25/h1-3,10-11,27H,4-9,12H2,(H,21,22,24)/p+1. The maximum absolute atomic E-state index is 5.45. The Balaban J connectivity index is 1.41. The molecule has 1 N–H and O–H groups in total. The molecule has 1 fully saturated rings. The third-order valence-corrected chi connectivity index (χ3v) is 6.44. The number of morpholine rings is 1. The van der Waals surface area contributed by atoms with E-state index in [4.69, 9.17) is 14.7 Å². The third kappa shape index (κ3) is 3.77. The second-order valence-electron chi connectivity index (χ2n) is 7.04. The lowest BCUT2D eigenvalue weighted by Crippen LogP contribution is -2.35. The van der Waals surface area contributed by atoms with Crippen LogP contribution in [-0.4, -0.2) is 46.2 Å². The fourth-order valence-corrected chi connectivity index (χ4v) is 4.97. The minimum Gasteiger partial charge on any atom is -0.379 e. The quantitative estimate of drug-likeness (QED) is 0.665. The molecule has 3 heterocycles. The Kier molecular flexibility index (Phi) is 5.02. The van der Waals surface area contributed by atoms with Crippen LogP contribution >= 0.6 is 11.3 Å². The van der Waals surface area contributed by atoms with E-state index in [2.05, 4.69) is 27.8 Å². The van der Waals surface area contributed by atoms with Crippen molar-refractivity contribution in [2.45, 2.75) is 24.3 Å². The van der Waals surface area contributed by atoms with Crippen LogP contribution in [0.5, 0.6) is 0 Å². The number of anilines is 2. The molecule has 144 valence electrons. The number of hydrogen-bond acceptors (Lipinski definition) is 7. The average molecular weight is 413 g/mol. The zero-order chi connectivity index (χ0) is 18.9. The predicted octanol–water partition coefficient (Wildman–Crippen LogP) is 2.64. The lowest BCUT2D eigenvalue weighted by Gasteiger charge is -2.25. The Labute approximate surface area is 173 Å². The summed E-state index contributed by atoms with van der Waals surface area (Å²) in [5.41, 5.74) is 4.14. The van der Waals surface area contributed by atoms with Gasteiger partial charge in [0.2, 0.25) is 5.95 Å². The number of ether oxygens (including phenoxy) is 1. The second kappa shape index (κ2) is 7.79. The maximum Gasteiger partial charge on any atom is 0.227 e. The Bertz CT molecular complexity index is 1000. The van der Waals surface area contributed by atoms with Crippen LogP contribution in [0.3, 0.4) is 0 Å². The molecule has 1 aliphatic heterocycles. The van der Waals surface area contributed by atoms with Crippen molar-refractivity contribution in [1.29, 1.82) is 0 Å². The van der Waals surface area contributed by atoms with E-state index in [9.17, 15) is 0 Å². The van der Waals surface area contributed by atoms with Crippen molar-refractivity contribution in [3.05, 3.63) is 45.9 Å². The molecular weight excluding hydrogens is 390 g/mol. The van der Waals surface area contributed by atoms with Gasteiger partial charge >= 0.3 is 0 Å². The highest BCUT2D eigenvalue weighted by Gasteiger charge is 2.24. The molecule has 0 atom stereocenters. The molecule has 0 radical (unpaired) electrons. The van der Waals surface area contributed by atoms with Crippen LogP contribution in [0.2, 0.25) is 0 Å². The van der Waals surface area contributed by atoms with E-state index in [1.165, 1.54) is 15.4 Å². The lowest BCUT2D eigenvalue weighted by atomic mass is 10.00. The number of benzene rings is 1. The molecule has 1 saturated heterocycles. The number of aryl methyl sites for hydroxylation is 2. The van der Waals surface area contributed by atoms with Gasteiger partial charge in [-0.1, -0.05) is 6.07 Å². The van der Waals surface area contributed by atoms with E-state index in [1.54, 1.807) is 0 Å². The van der Waals surface area contributed by atoms with E-state index in [1.807, 2.05) is 41.8 Å². The van der Waals surface area contributed by atoms with Crippen LogP contribution in [0, 0.1) is 0 Å². The van der Waals surface area contributed by atoms with Gasteiger partial charge in [0.25, 0.3) is 0 Å². The van der Waals surface area contributed by atoms with E-state index in [0.29, 0.717) is 5.95 Å². The molecule has 2 aliphatic rings. The first-order chi connectivity index (χ1) is 13.7. The number of aromatic nitrogens is 3. The van der Waals surface area contributed by atoms with E-state index in [-0.39, 0.29) is 0 Å². The number of nitrogens with zero attached hydrogens (tertiary/aromatic N) is 4. The zero-order valence-corrected chi connectivity index (χ0v) is 17.3. The highest BCUT2D eigenvalue weighted by molar-refractivity contribution is 7.58. The lowest BCUT2D eigenvalue weighted by molar-refractivity contribution is 0.0342. The molecule has 0 saturated carbocycles. The molecule has 0 amide bonds. The Morgan fingerprint density at radius 3 is 2.89 bits per heavy atom. The van der Waals surface area contributed by atoms with E-state index >= 15 is 0 Å². The van der Waals surface area contributed by atoms with Crippen LogP contribution < -0.4 is 5.32 Å². The Morgan fingerprint density at radius 2 is 2.04 bits per heavy atom. The highest BCUT2D eigenvalue weighted by Crippen LogP contribution is 2.36. The van der Waals surface area contributed by atoms with Crippen molar-refractivity contribution in [3.8, 4) is 11.4 Å². The molecule has 1 aromatic carbocycles. The summed E-state index contributed by atoms with van der Waals surface area (Å²) in [7, 11) is 0. The molecule has 2 aromatic heterocycles. The fourth-order valence-electron chi connectivity index (χ4n) is 3.60. The average Bonchev–Trinajstić information content (AvgIpc) is 3.12. The van der Waals surface area contributed by atoms with Gasteiger partial charge in [0, 0.05) is 35.9 Å². The van der Waals surface area contributed by atoms with E-state index < -0.39 is 0 Å². The molecule has 3 aromatic rings. The monoisotopic (exact) mass is 412 g/mol. The van der Waals surface area contributed by atoms with Gasteiger partial charge in [0.15, 0.2) is 4.90 Å². The SMILES string of the molecule is [SH2+]c1cccc(Nc2ncc3c(n2)-c2nc(CN4CCOCC4)sc2CC3)c1. The van der Waals surface area contributed by atoms with Crippen LogP contribution in [0.1, 0.15) is 15.4 Å².